The number of phenols is 1. The number of aromatic hydroxyl groups is 1. The number of aliphatic hydroxyl groups is 1. The molecule has 1 aliphatic rings. The lowest BCUT2D eigenvalue weighted by molar-refractivity contribution is -0.141. The van der Waals surface area contributed by atoms with Crippen molar-refractivity contribution in [2.24, 2.45) is 0 Å². The highest BCUT2D eigenvalue weighted by Gasteiger charge is 2.34. The predicted octanol–water partition coefficient (Wildman–Crippen LogP) is 2.23. The number of alkyl carbamates (subject to hydrolysis) is 1. The van der Waals surface area contributed by atoms with Crippen molar-refractivity contribution in [2.45, 2.75) is 76.6 Å². The first-order valence-corrected chi connectivity index (χ1v) is 11.0. The third-order valence-corrected chi connectivity index (χ3v) is 5.29. The van der Waals surface area contributed by atoms with Gasteiger partial charge in [-0.2, -0.15) is 0 Å². The van der Waals surface area contributed by atoms with Gasteiger partial charge in [0.15, 0.2) is 0 Å². The van der Waals surface area contributed by atoms with E-state index in [4.69, 9.17) is 4.74 Å². The Bertz CT molecular complexity index is 801. The number of rotatable bonds is 7. The minimum atomic E-state index is -1.29. The summed E-state index contributed by atoms with van der Waals surface area (Å²) in [6.07, 6.45) is 4.09. The van der Waals surface area contributed by atoms with Crippen LogP contribution in [0.25, 0.3) is 0 Å². The lowest BCUT2D eigenvalue weighted by atomic mass is 9.94. The van der Waals surface area contributed by atoms with Crippen molar-refractivity contribution < 1.29 is 29.3 Å². The number of nitrogens with one attached hydrogen (secondary N) is 2. The molecule has 9 heteroatoms. The fraction of sp³-hybridized carbons (Fsp3) is 0.609. The van der Waals surface area contributed by atoms with Crippen LogP contribution in [0.5, 0.6) is 5.75 Å². The number of aliphatic hydroxyl groups excluding tert-OH is 1. The molecule has 0 bridgehead atoms. The van der Waals surface area contributed by atoms with E-state index in [2.05, 4.69) is 10.6 Å². The van der Waals surface area contributed by atoms with Crippen LogP contribution in [0.3, 0.4) is 0 Å². The number of amides is 3. The average Bonchev–Trinajstić information content (AvgIpc) is 2.71. The molecular weight excluding hydrogens is 414 g/mol. The van der Waals surface area contributed by atoms with E-state index in [0.717, 1.165) is 32.1 Å². The normalized spacial score (nSPS) is 16.5. The van der Waals surface area contributed by atoms with Crippen molar-refractivity contribution >= 4 is 17.9 Å². The first-order valence-electron chi connectivity index (χ1n) is 11.0. The molecular formula is C23H35N3O6. The molecule has 3 amide bonds. The van der Waals surface area contributed by atoms with Crippen LogP contribution in [0.15, 0.2) is 24.3 Å². The molecule has 0 saturated heterocycles. The number of likely N-dealkylation sites (N-methyl/N-ethyl adjacent to an activating group) is 1. The third-order valence-electron chi connectivity index (χ3n) is 5.29. The van der Waals surface area contributed by atoms with Crippen molar-refractivity contribution in [3.8, 4) is 5.75 Å². The quantitative estimate of drug-likeness (QED) is 0.505. The van der Waals surface area contributed by atoms with Gasteiger partial charge in [0.25, 0.3) is 0 Å². The highest BCUT2D eigenvalue weighted by molar-refractivity contribution is 5.92. The van der Waals surface area contributed by atoms with Gasteiger partial charge in [-0.3, -0.25) is 9.59 Å². The summed E-state index contributed by atoms with van der Waals surface area (Å²) in [5, 5.41) is 25.0. The van der Waals surface area contributed by atoms with E-state index >= 15 is 0 Å². The average molecular weight is 450 g/mol. The Balaban J connectivity index is 2.23. The smallest absolute Gasteiger partial charge is 0.408 e. The summed E-state index contributed by atoms with van der Waals surface area (Å²) < 4.78 is 5.16. The number of nitrogens with zero attached hydrogens (tertiary/aromatic N) is 1. The first kappa shape index (κ1) is 25.5. The van der Waals surface area contributed by atoms with E-state index in [1.807, 2.05) is 0 Å². The monoisotopic (exact) mass is 449 g/mol. The van der Waals surface area contributed by atoms with Crippen LogP contribution in [0.4, 0.5) is 4.79 Å². The Hall–Kier alpha value is -2.81. The molecule has 178 valence electrons. The van der Waals surface area contributed by atoms with E-state index in [1.54, 1.807) is 32.9 Å². The van der Waals surface area contributed by atoms with Gasteiger partial charge in [-0.15, -0.1) is 0 Å². The Morgan fingerprint density at radius 2 is 1.84 bits per heavy atom. The molecule has 1 aromatic rings. The van der Waals surface area contributed by atoms with Crippen LogP contribution in [-0.2, 0) is 14.3 Å². The molecule has 0 radical (unpaired) electrons. The summed E-state index contributed by atoms with van der Waals surface area (Å²) in [6, 6.07) is 3.80. The zero-order chi connectivity index (χ0) is 23.9. The number of carbonyl (C=O) groups excluding carboxylic acids is 3. The van der Waals surface area contributed by atoms with Crippen LogP contribution in [0.2, 0.25) is 0 Å². The van der Waals surface area contributed by atoms with Crippen LogP contribution in [-0.4, -0.2) is 64.4 Å². The topological polar surface area (TPSA) is 128 Å². The molecule has 0 heterocycles. The lowest BCUT2D eigenvalue weighted by Gasteiger charge is -2.33. The summed E-state index contributed by atoms with van der Waals surface area (Å²) >= 11 is 0. The molecule has 1 saturated carbocycles. The van der Waals surface area contributed by atoms with Crippen molar-refractivity contribution in [2.75, 3.05) is 13.7 Å². The van der Waals surface area contributed by atoms with E-state index < -0.39 is 36.3 Å². The molecule has 2 unspecified atom stereocenters. The summed E-state index contributed by atoms with van der Waals surface area (Å²) in [6.45, 7) is 4.38. The summed E-state index contributed by atoms with van der Waals surface area (Å²) in [5.41, 5.74) is -0.355. The van der Waals surface area contributed by atoms with Crippen molar-refractivity contribution in [1.29, 1.82) is 0 Å². The number of ether oxygens (including phenoxy) is 1. The summed E-state index contributed by atoms with van der Waals surface area (Å²) in [5.74, 6) is -1.08. The minimum Gasteiger partial charge on any atom is -0.508 e. The van der Waals surface area contributed by atoms with Crippen LogP contribution in [0, 0.1) is 0 Å². The molecule has 0 aliphatic heterocycles. The highest BCUT2D eigenvalue weighted by atomic mass is 16.6. The maximum Gasteiger partial charge on any atom is 0.408 e. The van der Waals surface area contributed by atoms with Gasteiger partial charge >= 0.3 is 6.09 Å². The van der Waals surface area contributed by atoms with Gasteiger partial charge in [0.2, 0.25) is 11.8 Å². The Morgan fingerprint density at radius 3 is 2.41 bits per heavy atom. The molecule has 9 nitrogen and oxygen atoms in total. The van der Waals surface area contributed by atoms with Gasteiger partial charge in [0, 0.05) is 13.1 Å². The van der Waals surface area contributed by atoms with Gasteiger partial charge in [-0.1, -0.05) is 31.4 Å². The molecule has 1 fully saturated rings. The van der Waals surface area contributed by atoms with Crippen LogP contribution in [0.1, 0.15) is 64.5 Å². The lowest BCUT2D eigenvalue weighted by Crippen LogP contribution is -2.53. The zero-order valence-corrected chi connectivity index (χ0v) is 19.3. The first-order chi connectivity index (χ1) is 15.0. The van der Waals surface area contributed by atoms with E-state index in [-0.39, 0.29) is 17.7 Å². The molecule has 0 spiro atoms. The van der Waals surface area contributed by atoms with Crippen molar-refractivity contribution in [3.05, 3.63) is 29.8 Å². The molecule has 32 heavy (non-hydrogen) atoms. The SMILES string of the molecule is CN(C(=O)C(CO)NC(=O)OC(C)(C)C)C(C(=O)NC1CCCCC1)c1cccc(O)c1. The molecule has 2 rings (SSSR count). The van der Waals surface area contributed by atoms with Crippen molar-refractivity contribution in [3.63, 3.8) is 0 Å². The van der Waals surface area contributed by atoms with Gasteiger partial charge in [0.1, 0.15) is 23.4 Å². The molecule has 1 aliphatic carbocycles. The second-order valence-corrected chi connectivity index (χ2v) is 9.17. The fourth-order valence-electron chi connectivity index (χ4n) is 3.78. The van der Waals surface area contributed by atoms with Crippen LogP contribution < -0.4 is 10.6 Å². The Kier molecular flexibility index (Phi) is 8.89. The second kappa shape index (κ2) is 11.2. The van der Waals surface area contributed by atoms with Gasteiger partial charge in [-0.05, 0) is 51.3 Å². The maximum absolute atomic E-state index is 13.2. The van der Waals surface area contributed by atoms with Crippen molar-refractivity contribution in [1.82, 2.24) is 15.5 Å². The molecule has 1 aromatic carbocycles. The number of benzene rings is 1. The summed E-state index contributed by atoms with van der Waals surface area (Å²) in [7, 11) is 1.43. The van der Waals surface area contributed by atoms with Gasteiger partial charge < -0.3 is 30.5 Å². The van der Waals surface area contributed by atoms with E-state index in [1.165, 1.54) is 24.1 Å². The Morgan fingerprint density at radius 1 is 1.19 bits per heavy atom. The van der Waals surface area contributed by atoms with Crippen LogP contribution >= 0.6 is 0 Å². The third kappa shape index (κ3) is 7.40. The summed E-state index contributed by atoms with van der Waals surface area (Å²) in [4.78, 5) is 39.6. The number of carbonyl (C=O) groups is 3. The Labute approximate surface area is 189 Å². The number of hydrogen-bond donors (Lipinski definition) is 4. The zero-order valence-electron chi connectivity index (χ0n) is 19.3. The number of phenolic OH excluding ortho intramolecular Hbond substituents is 1. The molecule has 4 N–H and O–H groups in total. The largest absolute Gasteiger partial charge is 0.508 e. The second-order valence-electron chi connectivity index (χ2n) is 9.17. The predicted molar refractivity (Wildman–Crippen MR) is 119 cm³/mol. The molecule has 2 atom stereocenters. The van der Waals surface area contributed by atoms with Gasteiger partial charge in [0.05, 0.1) is 6.61 Å². The minimum absolute atomic E-state index is 0.0214. The molecule has 0 aromatic heterocycles. The fourth-order valence-corrected chi connectivity index (χ4v) is 3.78. The van der Waals surface area contributed by atoms with E-state index in [0.29, 0.717) is 5.56 Å². The van der Waals surface area contributed by atoms with E-state index in [9.17, 15) is 24.6 Å². The number of hydrogen-bond acceptors (Lipinski definition) is 6. The maximum atomic E-state index is 13.2. The standard InChI is InChI=1S/C23H35N3O6/c1-23(2,3)32-22(31)25-18(14-27)21(30)26(4)19(15-9-8-12-17(28)13-15)20(29)24-16-10-6-5-7-11-16/h8-9,12-13,16,18-19,27-28H,5-7,10-11,14H2,1-4H3,(H,24,29)(H,25,31). The van der Waals surface area contributed by atoms with Gasteiger partial charge in [-0.25, -0.2) is 4.79 Å². The highest BCUT2D eigenvalue weighted by Crippen LogP contribution is 2.26.